The van der Waals surface area contributed by atoms with Crippen LogP contribution >= 0.6 is 0 Å². The zero-order valence-electron chi connectivity index (χ0n) is 7.20. The Labute approximate surface area is 77.0 Å². The molecule has 2 rings (SSSR count). The lowest BCUT2D eigenvalue weighted by Crippen LogP contribution is -2.08. The highest BCUT2D eigenvalue weighted by Crippen LogP contribution is 2.16. The van der Waals surface area contributed by atoms with Gasteiger partial charge in [-0.15, -0.1) is 0 Å². The maximum absolute atomic E-state index is 5.49. The molecule has 0 spiro atoms. The Balaban J connectivity index is 2.30. The summed E-state index contributed by atoms with van der Waals surface area (Å²) < 4.78 is 0. The number of rotatable bonds is 1. The quantitative estimate of drug-likeness (QED) is 0.670. The molecule has 1 aliphatic heterocycles. The smallest absolute Gasteiger partial charge is 0.123 e. The van der Waals surface area contributed by atoms with Gasteiger partial charge in [-0.3, -0.25) is 0 Å². The Morgan fingerprint density at radius 2 is 2.31 bits per heavy atom. The minimum absolute atomic E-state index is 0.553. The summed E-state index contributed by atoms with van der Waals surface area (Å²) in [5, 5.41) is 3.14. The van der Waals surface area contributed by atoms with Gasteiger partial charge in [-0.2, -0.15) is 0 Å². The zero-order chi connectivity index (χ0) is 9.10. The Bertz CT molecular complexity index is 349. The molecule has 0 radical (unpaired) electrons. The van der Waals surface area contributed by atoms with Gasteiger partial charge in [0.2, 0.25) is 0 Å². The van der Waals surface area contributed by atoms with E-state index in [9.17, 15) is 0 Å². The molecule has 0 aliphatic carbocycles. The molecule has 0 bridgehead atoms. The molecule has 0 amide bonds. The van der Waals surface area contributed by atoms with E-state index in [1.54, 1.807) is 12.3 Å². The fourth-order valence-electron chi connectivity index (χ4n) is 1.23. The highest BCUT2D eigenvalue weighted by atomic mass is 14.8. The number of nitrogen functional groups attached to an aromatic ring is 1. The van der Waals surface area contributed by atoms with Crippen molar-refractivity contribution in [1.29, 1.82) is 0 Å². The number of nitrogens with one attached hydrogen (secondary N) is 1. The van der Waals surface area contributed by atoms with Crippen LogP contribution in [0.3, 0.4) is 0 Å². The van der Waals surface area contributed by atoms with Crippen LogP contribution in [0.2, 0.25) is 0 Å². The number of hydrogen-bond acceptors (Lipinski definition) is 3. The van der Waals surface area contributed by atoms with E-state index in [2.05, 4.69) is 22.5 Å². The first-order chi connectivity index (χ1) is 6.36. The zero-order valence-corrected chi connectivity index (χ0v) is 7.20. The third-order valence-electron chi connectivity index (χ3n) is 1.91. The standard InChI is InChI=1S/C10H11N3/c11-10-4-3-9(7-13-10)8-2-1-5-12-6-8/h1-4,6-7,12H,5H2,(H2,11,13). The SMILES string of the molecule is Nc1ccc(C2=CNCC=C2)cn1. The maximum Gasteiger partial charge on any atom is 0.123 e. The topological polar surface area (TPSA) is 50.9 Å². The van der Waals surface area contributed by atoms with Gasteiger partial charge in [0.25, 0.3) is 0 Å². The second-order valence-electron chi connectivity index (χ2n) is 2.88. The van der Waals surface area contributed by atoms with Crippen molar-refractivity contribution in [2.45, 2.75) is 0 Å². The molecule has 0 unspecified atom stereocenters. The van der Waals surface area contributed by atoms with Crippen molar-refractivity contribution in [3.63, 3.8) is 0 Å². The van der Waals surface area contributed by atoms with Crippen LogP contribution in [0, 0.1) is 0 Å². The third-order valence-corrected chi connectivity index (χ3v) is 1.91. The van der Waals surface area contributed by atoms with E-state index in [1.807, 2.05) is 12.3 Å². The first-order valence-electron chi connectivity index (χ1n) is 4.18. The van der Waals surface area contributed by atoms with E-state index in [1.165, 1.54) is 0 Å². The molecule has 3 heteroatoms. The summed E-state index contributed by atoms with van der Waals surface area (Å²) in [5.41, 5.74) is 7.71. The van der Waals surface area contributed by atoms with Crippen LogP contribution in [-0.2, 0) is 0 Å². The largest absolute Gasteiger partial charge is 0.387 e. The van der Waals surface area contributed by atoms with Crippen LogP contribution in [-0.4, -0.2) is 11.5 Å². The van der Waals surface area contributed by atoms with Crippen molar-refractivity contribution in [2.75, 3.05) is 12.3 Å². The van der Waals surface area contributed by atoms with Gasteiger partial charge in [0.15, 0.2) is 0 Å². The van der Waals surface area contributed by atoms with Crippen molar-refractivity contribution in [3.8, 4) is 0 Å². The van der Waals surface area contributed by atoms with Crippen LogP contribution in [0.5, 0.6) is 0 Å². The summed E-state index contributed by atoms with van der Waals surface area (Å²) in [6.07, 6.45) is 7.90. The van der Waals surface area contributed by atoms with Crippen molar-refractivity contribution < 1.29 is 0 Å². The van der Waals surface area contributed by atoms with Crippen molar-refractivity contribution in [3.05, 3.63) is 42.2 Å². The van der Waals surface area contributed by atoms with Gasteiger partial charge in [-0.25, -0.2) is 4.98 Å². The minimum atomic E-state index is 0.553. The predicted octanol–water partition coefficient (Wildman–Crippen LogP) is 1.16. The lowest BCUT2D eigenvalue weighted by atomic mass is 10.1. The van der Waals surface area contributed by atoms with E-state index in [-0.39, 0.29) is 0 Å². The average molecular weight is 173 g/mol. The van der Waals surface area contributed by atoms with Crippen molar-refractivity contribution >= 4 is 11.4 Å². The first-order valence-corrected chi connectivity index (χ1v) is 4.18. The van der Waals surface area contributed by atoms with Crippen LogP contribution in [0.15, 0.2) is 36.7 Å². The number of hydrogen-bond donors (Lipinski definition) is 2. The molecule has 1 aromatic heterocycles. The number of nitrogens with zero attached hydrogens (tertiary/aromatic N) is 1. The summed E-state index contributed by atoms with van der Waals surface area (Å²) in [6.45, 7) is 0.895. The van der Waals surface area contributed by atoms with E-state index in [0.29, 0.717) is 5.82 Å². The Hall–Kier alpha value is -1.77. The maximum atomic E-state index is 5.49. The summed E-state index contributed by atoms with van der Waals surface area (Å²) in [4.78, 5) is 4.03. The fourth-order valence-corrected chi connectivity index (χ4v) is 1.23. The molecule has 3 nitrogen and oxygen atoms in total. The van der Waals surface area contributed by atoms with E-state index < -0.39 is 0 Å². The lowest BCUT2D eigenvalue weighted by Gasteiger charge is -2.08. The first kappa shape index (κ1) is 7.86. The van der Waals surface area contributed by atoms with E-state index >= 15 is 0 Å². The lowest BCUT2D eigenvalue weighted by molar-refractivity contribution is 0.976. The van der Waals surface area contributed by atoms with Gasteiger partial charge >= 0.3 is 0 Å². The van der Waals surface area contributed by atoms with Crippen LogP contribution in [0.25, 0.3) is 5.57 Å². The van der Waals surface area contributed by atoms with Gasteiger partial charge < -0.3 is 11.1 Å². The summed E-state index contributed by atoms with van der Waals surface area (Å²) in [6, 6.07) is 3.77. The Kier molecular flexibility index (Phi) is 2.00. The molecule has 13 heavy (non-hydrogen) atoms. The Morgan fingerprint density at radius 3 is 2.92 bits per heavy atom. The van der Waals surface area contributed by atoms with Crippen LogP contribution < -0.4 is 11.1 Å². The average Bonchev–Trinajstić information content (AvgIpc) is 2.20. The van der Waals surface area contributed by atoms with Crippen LogP contribution in [0.1, 0.15) is 5.56 Å². The minimum Gasteiger partial charge on any atom is -0.387 e. The fraction of sp³-hybridized carbons (Fsp3) is 0.100. The monoisotopic (exact) mass is 173 g/mol. The molecule has 0 saturated heterocycles. The number of nitrogens with two attached hydrogens (primary N) is 1. The molecule has 66 valence electrons. The molecular weight excluding hydrogens is 162 g/mol. The number of dihydropyridines is 1. The Morgan fingerprint density at radius 1 is 1.38 bits per heavy atom. The second kappa shape index (κ2) is 3.31. The van der Waals surface area contributed by atoms with Gasteiger partial charge in [-0.1, -0.05) is 12.2 Å². The van der Waals surface area contributed by atoms with Gasteiger partial charge in [0, 0.05) is 24.5 Å². The van der Waals surface area contributed by atoms with Gasteiger partial charge in [-0.05, 0) is 17.7 Å². The molecular formula is C10H11N3. The molecule has 0 fully saturated rings. The second-order valence-corrected chi connectivity index (χ2v) is 2.88. The number of anilines is 1. The highest BCUT2D eigenvalue weighted by molar-refractivity contribution is 5.74. The number of allylic oxidation sites excluding steroid dienone is 2. The van der Waals surface area contributed by atoms with Crippen molar-refractivity contribution in [1.82, 2.24) is 10.3 Å². The van der Waals surface area contributed by atoms with E-state index in [4.69, 9.17) is 5.73 Å². The summed E-state index contributed by atoms with van der Waals surface area (Å²) in [5.74, 6) is 0.553. The molecule has 3 N–H and O–H groups in total. The predicted molar refractivity (Wildman–Crippen MR) is 53.8 cm³/mol. The molecule has 0 aromatic carbocycles. The molecule has 1 aromatic rings. The van der Waals surface area contributed by atoms with Crippen molar-refractivity contribution in [2.24, 2.45) is 0 Å². The van der Waals surface area contributed by atoms with Crippen LogP contribution in [0.4, 0.5) is 5.82 Å². The normalized spacial score (nSPS) is 14.9. The summed E-state index contributed by atoms with van der Waals surface area (Å²) >= 11 is 0. The van der Waals surface area contributed by atoms with Gasteiger partial charge in [0.1, 0.15) is 5.82 Å². The van der Waals surface area contributed by atoms with E-state index in [0.717, 1.165) is 17.7 Å². The highest BCUT2D eigenvalue weighted by Gasteiger charge is 2.00. The third kappa shape index (κ3) is 1.69. The van der Waals surface area contributed by atoms with Gasteiger partial charge in [0.05, 0.1) is 0 Å². The summed E-state index contributed by atoms with van der Waals surface area (Å²) in [7, 11) is 0. The molecule has 0 saturated carbocycles. The molecule has 1 aliphatic rings. The molecule has 2 heterocycles. The number of pyridine rings is 1. The number of aromatic nitrogens is 1. The molecule has 0 atom stereocenters.